The Morgan fingerprint density at radius 2 is 1.67 bits per heavy atom. The van der Waals surface area contributed by atoms with Crippen molar-refractivity contribution >= 4 is 17.4 Å². The van der Waals surface area contributed by atoms with Crippen LogP contribution in [0.4, 0.5) is 16.2 Å². The lowest BCUT2D eigenvalue weighted by Gasteiger charge is -2.37. The lowest BCUT2D eigenvalue weighted by molar-refractivity contribution is -0.00517. The van der Waals surface area contributed by atoms with E-state index in [0.29, 0.717) is 0 Å². The van der Waals surface area contributed by atoms with Crippen molar-refractivity contribution in [3.63, 3.8) is 0 Å². The molecule has 0 bridgehead atoms. The van der Waals surface area contributed by atoms with Crippen LogP contribution in [0.1, 0.15) is 39.5 Å². The summed E-state index contributed by atoms with van der Waals surface area (Å²) in [4.78, 5) is 16.9. The molecule has 5 nitrogen and oxygen atoms in total. The van der Waals surface area contributed by atoms with Crippen LogP contribution < -0.4 is 10.2 Å². The first kappa shape index (κ1) is 17.1. The maximum absolute atomic E-state index is 12.7. The number of carbonyl (C=O) groups excluding carboxylic acids is 1. The predicted octanol–water partition coefficient (Wildman–Crippen LogP) is 3.71. The van der Waals surface area contributed by atoms with Crippen LogP contribution >= 0.6 is 0 Å². The molecule has 0 spiro atoms. The number of hydrogen-bond acceptors (Lipinski definition) is 3. The quantitative estimate of drug-likeness (QED) is 0.898. The van der Waals surface area contributed by atoms with E-state index in [0.717, 1.165) is 50.4 Å². The largest absolute Gasteiger partial charge is 0.372 e. The Bertz CT molecular complexity index is 545. The number of nitrogens with one attached hydrogen (secondary N) is 1. The van der Waals surface area contributed by atoms with Crippen molar-refractivity contribution in [1.29, 1.82) is 0 Å². The van der Waals surface area contributed by atoms with E-state index in [4.69, 9.17) is 4.74 Å². The molecular weight excluding hydrogens is 302 g/mol. The van der Waals surface area contributed by atoms with Gasteiger partial charge in [0.25, 0.3) is 0 Å². The Hall–Kier alpha value is -1.75. The topological polar surface area (TPSA) is 44.8 Å². The molecule has 0 unspecified atom stereocenters. The molecule has 0 saturated carbocycles. The van der Waals surface area contributed by atoms with Crippen LogP contribution in [0.25, 0.3) is 0 Å². The molecule has 24 heavy (non-hydrogen) atoms. The fourth-order valence-corrected chi connectivity index (χ4v) is 3.70. The van der Waals surface area contributed by atoms with Gasteiger partial charge in [0, 0.05) is 26.2 Å². The Labute approximate surface area is 145 Å². The van der Waals surface area contributed by atoms with Gasteiger partial charge in [-0.1, -0.05) is 25.0 Å². The number of amides is 2. The highest BCUT2D eigenvalue weighted by Gasteiger charge is 2.25. The van der Waals surface area contributed by atoms with Crippen LogP contribution in [0.15, 0.2) is 24.3 Å². The molecule has 1 N–H and O–H groups in total. The molecule has 2 heterocycles. The zero-order valence-electron chi connectivity index (χ0n) is 14.8. The summed E-state index contributed by atoms with van der Waals surface area (Å²) in [5.74, 6) is 0. The van der Waals surface area contributed by atoms with E-state index in [1.54, 1.807) is 0 Å². The average Bonchev–Trinajstić information content (AvgIpc) is 2.84. The van der Waals surface area contributed by atoms with E-state index in [-0.39, 0.29) is 18.2 Å². The molecule has 2 fully saturated rings. The SMILES string of the molecule is C[C@@H]1CN(c2ccccc2NC(=O)N2CCCCCC2)C[C@@H](C)O1. The zero-order valence-corrected chi connectivity index (χ0v) is 14.8. The van der Waals surface area contributed by atoms with E-state index >= 15 is 0 Å². The average molecular weight is 331 g/mol. The van der Waals surface area contributed by atoms with Crippen molar-refractivity contribution in [2.75, 3.05) is 36.4 Å². The maximum atomic E-state index is 12.7. The molecule has 1 aromatic carbocycles. The number of anilines is 2. The molecule has 2 aliphatic heterocycles. The monoisotopic (exact) mass is 331 g/mol. The number of morpholine rings is 1. The summed E-state index contributed by atoms with van der Waals surface area (Å²) in [6.07, 6.45) is 5.06. The molecule has 2 amide bonds. The number of benzene rings is 1. The first-order valence-electron chi connectivity index (χ1n) is 9.19. The molecule has 0 aliphatic carbocycles. The summed E-state index contributed by atoms with van der Waals surface area (Å²) in [5.41, 5.74) is 1.98. The molecule has 3 rings (SSSR count). The van der Waals surface area contributed by atoms with Gasteiger partial charge in [-0.25, -0.2) is 4.79 Å². The lowest BCUT2D eigenvalue weighted by Crippen LogP contribution is -2.46. The standard InChI is InChI=1S/C19H29N3O2/c1-15-13-22(14-16(2)24-15)18-10-6-5-9-17(18)20-19(23)21-11-7-3-4-8-12-21/h5-6,9-10,15-16H,3-4,7-8,11-14H2,1-2H3,(H,20,23)/t15-,16-/m1/s1. The van der Waals surface area contributed by atoms with Crippen molar-refractivity contribution in [2.45, 2.75) is 51.7 Å². The number of nitrogens with zero attached hydrogens (tertiary/aromatic N) is 2. The number of likely N-dealkylation sites (tertiary alicyclic amines) is 1. The van der Waals surface area contributed by atoms with Crippen LogP contribution in [0, 0.1) is 0 Å². The van der Waals surface area contributed by atoms with E-state index < -0.39 is 0 Å². The maximum Gasteiger partial charge on any atom is 0.321 e. The summed E-state index contributed by atoms with van der Waals surface area (Å²) < 4.78 is 5.83. The molecule has 1 aromatic rings. The van der Waals surface area contributed by atoms with E-state index in [9.17, 15) is 4.79 Å². The summed E-state index contributed by atoms with van der Waals surface area (Å²) in [7, 11) is 0. The Morgan fingerprint density at radius 1 is 1.04 bits per heavy atom. The van der Waals surface area contributed by atoms with Crippen molar-refractivity contribution in [3.05, 3.63) is 24.3 Å². The van der Waals surface area contributed by atoms with Gasteiger partial charge in [0.15, 0.2) is 0 Å². The summed E-state index contributed by atoms with van der Waals surface area (Å²) in [6.45, 7) is 7.61. The number of carbonyl (C=O) groups is 1. The third kappa shape index (κ3) is 4.20. The van der Waals surface area contributed by atoms with Crippen molar-refractivity contribution in [1.82, 2.24) is 4.90 Å². The number of rotatable bonds is 2. The van der Waals surface area contributed by atoms with Crippen LogP contribution in [0.2, 0.25) is 0 Å². The molecule has 2 aliphatic rings. The molecule has 2 saturated heterocycles. The number of para-hydroxylation sites is 2. The second-order valence-corrected chi connectivity index (χ2v) is 7.01. The highest BCUT2D eigenvalue weighted by molar-refractivity contribution is 5.93. The second-order valence-electron chi connectivity index (χ2n) is 7.01. The Balaban J connectivity index is 1.72. The molecule has 0 radical (unpaired) electrons. The van der Waals surface area contributed by atoms with Crippen molar-refractivity contribution < 1.29 is 9.53 Å². The first-order valence-corrected chi connectivity index (χ1v) is 9.19. The van der Waals surface area contributed by atoms with Crippen molar-refractivity contribution in [2.24, 2.45) is 0 Å². The van der Waals surface area contributed by atoms with Gasteiger partial charge in [0.05, 0.1) is 23.6 Å². The second kappa shape index (κ2) is 7.88. The highest BCUT2D eigenvalue weighted by atomic mass is 16.5. The van der Waals surface area contributed by atoms with Gasteiger partial charge in [0.2, 0.25) is 0 Å². The minimum Gasteiger partial charge on any atom is -0.372 e. The summed E-state index contributed by atoms with van der Waals surface area (Å²) in [5, 5.41) is 3.14. The first-order chi connectivity index (χ1) is 11.6. The normalized spacial score (nSPS) is 25.2. The molecule has 2 atom stereocenters. The molecule has 0 aromatic heterocycles. The van der Waals surface area contributed by atoms with Gasteiger partial charge < -0.3 is 19.9 Å². The molecule has 132 valence electrons. The van der Waals surface area contributed by atoms with Crippen LogP contribution in [0.3, 0.4) is 0 Å². The fourth-order valence-electron chi connectivity index (χ4n) is 3.70. The zero-order chi connectivity index (χ0) is 16.9. The lowest BCUT2D eigenvalue weighted by atomic mass is 10.1. The van der Waals surface area contributed by atoms with Crippen molar-refractivity contribution in [3.8, 4) is 0 Å². The van der Waals surface area contributed by atoms with Crippen LogP contribution in [0.5, 0.6) is 0 Å². The van der Waals surface area contributed by atoms with Gasteiger partial charge in [-0.3, -0.25) is 0 Å². The van der Waals surface area contributed by atoms with Crippen LogP contribution in [-0.2, 0) is 4.74 Å². The fraction of sp³-hybridized carbons (Fsp3) is 0.632. The van der Waals surface area contributed by atoms with E-state index in [1.165, 1.54) is 12.8 Å². The number of ether oxygens (including phenoxy) is 1. The third-order valence-electron chi connectivity index (χ3n) is 4.80. The van der Waals surface area contributed by atoms with Crippen LogP contribution in [-0.4, -0.2) is 49.3 Å². The third-order valence-corrected chi connectivity index (χ3v) is 4.80. The summed E-state index contributed by atoms with van der Waals surface area (Å²) >= 11 is 0. The number of hydrogen-bond donors (Lipinski definition) is 1. The minimum atomic E-state index is 0.0266. The molecular formula is C19H29N3O2. The van der Waals surface area contributed by atoms with Gasteiger partial charge in [-0.05, 0) is 38.8 Å². The van der Waals surface area contributed by atoms with Gasteiger partial charge in [0.1, 0.15) is 0 Å². The van der Waals surface area contributed by atoms with E-state index in [1.807, 2.05) is 23.1 Å². The predicted molar refractivity (Wildman–Crippen MR) is 97.7 cm³/mol. The Morgan fingerprint density at radius 3 is 2.33 bits per heavy atom. The highest BCUT2D eigenvalue weighted by Crippen LogP contribution is 2.29. The Kier molecular flexibility index (Phi) is 5.61. The van der Waals surface area contributed by atoms with Gasteiger partial charge in [-0.2, -0.15) is 0 Å². The van der Waals surface area contributed by atoms with E-state index in [2.05, 4.69) is 30.1 Å². The number of urea groups is 1. The van der Waals surface area contributed by atoms with Gasteiger partial charge >= 0.3 is 6.03 Å². The smallest absolute Gasteiger partial charge is 0.321 e. The summed E-state index contributed by atoms with van der Waals surface area (Å²) in [6, 6.07) is 8.12. The molecule has 5 heteroatoms. The minimum absolute atomic E-state index is 0.0266. The van der Waals surface area contributed by atoms with Gasteiger partial charge in [-0.15, -0.1) is 0 Å².